The Morgan fingerprint density at radius 1 is 1.32 bits per heavy atom. The van der Waals surface area contributed by atoms with E-state index in [1.54, 1.807) is 11.1 Å². The molecule has 2 heterocycles. The van der Waals surface area contributed by atoms with Gasteiger partial charge in [0.25, 0.3) is 5.91 Å². The number of aromatic nitrogens is 3. The Hall–Kier alpha value is -2.28. The first kappa shape index (κ1) is 20.5. The van der Waals surface area contributed by atoms with Crippen LogP contribution in [-0.2, 0) is 13.1 Å². The van der Waals surface area contributed by atoms with Gasteiger partial charge in [0.2, 0.25) is 0 Å². The molecule has 7 heteroatoms. The number of fused-ring (bicyclic) bond motifs is 1. The van der Waals surface area contributed by atoms with Gasteiger partial charge in [0.05, 0.1) is 11.0 Å². The van der Waals surface area contributed by atoms with Gasteiger partial charge in [-0.3, -0.25) is 4.79 Å². The maximum Gasteiger partial charge on any atom is 0.254 e. The molecule has 0 spiro atoms. The number of pyridine rings is 1. The van der Waals surface area contributed by atoms with Crippen molar-refractivity contribution in [1.82, 2.24) is 19.4 Å². The van der Waals surface area contributed by atoms with E-state index in [1.165, 1.54) is 18.2 Å². The van der Waals surface area contributed by atoms with Crippen molar-refractivity contribution in [2.45, 2.75) is 40.3 Å². The highest BCUT2D eigenvalue weighted by atomic mass is 79.9. The smallest absolute Gasteiger partial charge is 0.254 e. The third-order valence-electron chi connectivity index (χ3n) is 4.40. The lowest BCUT2D eigenvalue weighted by Gasteiger charge is -2.25. The van der Waals surface area contributed by atoms with Gasteiger partial charge < -0.3 is 9.47 Å². The fraction of sp³-hybridized carbons (Fsp3) is 0.381. The number of imidazole rings is 1. The highest BCUT2D eigenvalue weighted by molar-refractivity contribution is 9.10. The van der Waals surface area contributed by atoms with Crippen molar-refractivity contribution in [1.29, 1.82) is 0 Å². The minimum absolute atomic E-state index is 0.141. The SMILES string of the molecule is CCCn1c(CN(CC(C)C)C(=O)c2ccc(F)c(Br)c2)nc2cccnc21. The molecule has 0 unspecified atom stereocenters. The summed E-state index contributed by atoms with van der Waals surface area (Å²) in [4.78, 5) is 24.1. The first-order valence-corrected chi connectivity index (χ1v) is 10.2. The summed E-state index contributed by atoms with van der Waals surface area (Å²) in [6.07, 6.45) is 2.70. The zero-order chi connectivity index (χ0) is 20.3. The zero-order valence-electron chi connectivity index (χ0n) is 16.3. The summed E-state index contributed by atoms with van der Waals surface area (Å²) in [7, 11) is 0. The van der Waals surface area contributed by atoms with Crippen LogP contribution in [0.2, 0.25) is 0 Å². The van der Waals surface area contributed by atoms with Crippen LogP contribution in [0.1, 0.15) is 43.4 Å². The molecule has 1 amide bonds. The van der Waals surface area contributed by atoms with E-state index in [1.807, 2.05) is 12.1 Å². The van der Waals surface area contributed by atoms with E-state index in [4.69, 9.17) is 4.98 Å². The molecule has 0 aliphatic heterocycles. The fourth-order valence-electron chi connectivity index (χ4n) is 3.23. The van der Waals surface area contributed by atoms with Crippen LogP contribution in [0.3, 0.4) is 0 Å². The molecule has 1 aromatic carbocycles. The number of rotatable bonds is 7. The Bertz CT molecular complexity index is 986. The highest BCUT2D eigenvalue weighted by Crippen LogP contribution is 2.21. The van der Waals surface area contributed by atoms with Gasteiger partial charge in [-0.15, -0.1) is 0 Å². The Labute approximate surface area is 172 Å². The van der Waals surface area contributed by atoms with Crippen LogP contribution in [0.25, 0.3) is 11.2 Å². The maximum absolute atomic E-state index is 13.6. The molecule has 0 saturated carbocycles. The standard InChI is InChI=1S/C21H24BrFN4O/c1-4-10-27-19(25-18-6-5-9-24-20(18)27)13-26(12-14(2)3)21(28)15-7-8-17(23)16(22)11-15/h5-9,11,14H,4,10,12-13H2,1-3H3. The average Bonchev–Trinajstić information content (AvgIpc) is 3.00. The molecule has 0 aliphatic rings. The largest absolute Gasteiger partial charge is 0.331 e. The van der Waals surface area contributed by atoms with Crippen LogP contribution in [0.5, 0.6) is 0 Å². The number of benzene rings is 1. The average molecular weight is 447 g/mol. The van der Waals surface area contributed by atoms with E-state index < -0.39 is 0 Å². The van der Waals surface area contributed by atoms with Gasteiger partial charge >= 0.3 is 0 Å². The van der Waals surface area contributed by atoms with E-state index in [0.29, 0.717) is 18.7 Å². The van der Waals surface area contributed by atoms with E-state index >= 15 is 0 Å². The van der Waals surface area contributed by atoms with Crippen LogP contribution in [0.15, 0.2) is 41.0 Å². The lowest BCUT2D eigenvalue weighted by molar-refractivity contribution is 0.0716. The van der Waals surface area contributed by atoms with Crippen LogP contribution in [0, 0.1) is 11.7 Å². The number of carbonyl (C=O) groups excluding carboxylic acids is 1. The van der Waals surface area contributed by atoms with Gasteiger partial charge in [0.15, 0.2) is 5.65 Å². The Morgan fingerprint density at radius 3 is 2.79 bits per heavy atom. The van der Waals surface area contributed by atoms with Crippen LogP contribution in [0.4, 0.5) is 4.39 Å². The third-order valence-corrected chi connectivity index (χ3v) is 5.01. The second kappa shape index (κ2) is 8.82. The monoisotopic (exact) mass is 446 g/mol. The van der Waals surface area contributed by atoms with Crippen LogP contribution < -0.4 is 0 Å². The van der Waals surface area contributed by atoms with Gasteiger partial charge in [-0.25, -0.2) is 14.4 Å². The topological polar surface area (TPSA) is 51.0 Å². The van der Waals surface area contributed by atoms with Crippen LogP contribution >= 0.6 is 15.9 Å². The molecule has 148 valence electrons. The summed E-state index contributed by atoms with van der Waals surface area (Å²) >= 11 is 3.17. The van der Waals surface area contributed by atoms with Gasteiger partial charge in [-0.05, 0) is 58.6 Å². The van der Waals surface area contributed by atoms with E-state index in [2.05, 4.69) is 46.3 Å². The van der Waals surface area contributed by atoms with Crippen molar-refractivity contribution in [3.8, 4) is 0 Å². The molecule has 2 aromatic heterocycles. The van der Waals surface area contributed by atoms with E-state index in [0.717, 1.165) is 30.0 Å². The lowest BCUT2D eigenvalue weighted by atomic mass is 10.1. The van der Waals surface area contributed by atoms with Crippen molar-refractivity contribution in [2.24, 2.45) is 5.92 Å². The Kier molecular flexibility index (Phi) is 6.44. The molecule has 0 saturated heterocycles. The maximum atomic E-state index is 13.6. The number of hydrogen-bond acceptors (Lipinski definition) is 3. The summed E-state index contributed by atoms with van der Waals surface area (Å²) < 4.78 is 15.9. The molecule has 3 rings (SSSR count). The van der Waals surface area contributed by atoms with E-state index in [9.17, 15) is 9.18 Å². The van der Waals surface area contributed by atoms with Crippen LogP contribution in [-0.4, -0.2) is 31.9 Å². The molecule has 5 nitrogen and oxygen atoms in total. The Balaban J connectivity index is 1.96. The minimum Gasteiger partial charge on any atom is -0.331 e. The second-order valence-electron chi connectivity index (χ2n) is 7.23. The first-order valence-electron chi connectivity index (χ1n) is 9.45. The predicted molar refractivity (Wildman–Crippen MR) is 111 cm³/mol. The first-order chi connectivity index (χ1) is 13.4. The molecule has 0 fully saturated rings. The van der Waals surface area contributed by atoms with Crippen molar-refractivity contribution >= 4 is 33.0 Å². The summed E-state index contributed by atoms with van der Waals surface area (Å²) in [5.41, 5.74) is 2.11. The molecular weight excluding hydrogens is 423 g/mol. The van der Waals surface area contributed by atoms with Gasteiger partial charge in [-0.2, -0.15) is 0 Å². The summed E-state index contributed by atoms with van der Waals surface area (Å²) in [6.45, 7) is 7.98. The number of aryl methyl sites for hydroxylation is 1. The normalized spacial score (nSPS) is 11.4. The van der Waals surface area contributed by atoms with Crippen molar-refractivity contribution in [3.63, 3.8) is 0 Å². The summed E-state index contributed by atoms with van der Waals surface area (Å²) in [6, 6.07) is 8.15. The molecule has 0 N–H and O–H groups in total. The molecule has 0 radical (unpaired) electrons. The number of carbonyl (C=O) groups is 1. The summed E-state index contributed by atoms with van der Waals surface area (Å²) in [5, 5.41) is 0. The fourth-order valence-corrected chi connectivity index (χ4v) is 3.61. The van der Waals surface area contributed by atoms with E-state index in [-0.39, 0.29) is 22.1 Å². The third kappa shape index (κ3) is 4.41. The number of amides is 1. The minimum atomic E-state index is -0.386. The van der Waals surface area contributed by atoms with Crippen molar-refractivity contribution in [3.05, 3.63) is 58.2 Å². The molecule has 28 heavy (non-hydrogen) atoms. The lowest BCUT2D eigenvalue weighted by Crippen LogP contribution is -2.34. The molecule has 0 atom stereocenters. The predicted octanol–water partition coefficient (Wildman–Crippen LogP) is 5.04. The molecular formula is C21H24BrFN4O. The number of hydrogen-bond donors (Lipinski definition) is 0. The van der Waals surface area contributed by atoms with Crippen molar-refractivity contribution in [2.75, 3.05) is 6.54 Å². The second-order valence-corrected chi connectivity index (χ2v) is 8.09. The molecule has 0 aliphatic carbocycles. The number of nitrogens with zero attached hydrogens (tertiary/aromatic N) is 4. The number of halogens is 2. The Morgan fingerprint density at radius 2 is 2.11 bits per heavy atom. The highest BCUT2D eigenvalue weighted by Gasteiger charge is 2.21. The quantitative estimate of drug-likeness (QED) is 0.510. The van der Waals surface area contributed by atoms with Gasteiger partial charge in [0, 0.05) is 24.8 Å². The van der Waals surface area contributed by atoms with Gasteiger partial charge in [0.1, 0.15) is 17.2 Å². The molecule has 0 bridgehead atoms. The summed E-state index contributed by atoms with van der Waals surface area (Å²) in [5.74, 6) is 0.570. The van der Waals surface area contributed by atoms with Gasteiger partial charge in [-0.1, -0.05) is 20.8 Å². The zero-order valence-corrected chi connectivity index (χ0v) is 17.9. The molecule has 3 aromatic rings. The van der Waals surface area contributed by atoms with Crippen molar-refractivity contribution < 1.29 is 9.18 Å².